The van der Waals surface area contributed by atoms with Gasteiger partial charge in [-0.1, -0.05) is 12.1 Å². The lowest BCUT2D eigenvalue weighted by Gasteiger charge is -2.32. The Kier molecular flexibility index (Phi) is 4.80. The third-order valence-corrected chi connectivity index (χ3v) is 3.83. The number of carbonyl (C=O) groups excluding carboxylic acids is 1. The molecule has 1 aliphatic heterocycles. The van der Waals surface area contributed by atoms with Crippen LogP contribution in [-0.4, -0.2) is 40.0 Å². The molecule has 23 heavy (non-hydrogen) atoms. The molecule has 0 bridgehead atoms. The molecule has 0 saturated carbocycles. The van der Waals surface area contributed by atoms with Crippen LogP contribution in [0, 0.1) is 5.82 Å². The minimum Gasteiger partial charge on any atom is -0.471 e. The van der Waals surface area contributed by atoms with E-state index in [9.17, 15) is 9.18 Å². The van der Waals surface area contributed by atoms with Crippen LogP contribution in [0.1, 0.15) is 18.4 Å². The van der Waals surface area contributed by atoms with Gasteiger partial charge >= 0.3 is 0 Å². The fourth-order valence-electron chi connectivity index (χ4n) is 2.67. The summed E-state index contributed by atoms with van der Waals surface area (Å²) >= 11 is 0. The Bertz CT molecular complexity index is 649. The first-order chi connectivity index (χ1) is 11.2. The van der Waals surface area contributed by atoms with Crippen LogP contribution in [0.15, 0.2) is 42.9 Å². The minimum atomic E-state index is -0.295. The maximum atomic E-state index is 12.9. The van der Waals surface area contributed by atoms with E-state index in [4.69, 9.17) is 4.74 Å². The van der Waals surface area contributed by atoms with Gasteiger partial charge in [-0.25, -0.2) is 9.37 Å². The quantitative estimate of drug-likeness (QED) is 0.868. The summed E-state index contributed by atoms with van der Waals surface area (Å²) in [6, 6.07) is 6.03. The van der Waals surface area contributed by atoms with Crippen molar-refractivity contribution >= 4 is 5.91 Å². The first kappa shape index (κ1) is 15.4. The first-order valence-electron chi connectivity index (χ1n) is 7.65. The molecule has 1 fully saturated rings. The number of halogens is 1. The van der Waals surface area contributed by atoms with E-state index in [1.165, 1.54) is 12.1 Å². The highest BCUT2D eigenvalue weighted by Crippen LogP contribution is 2.17. The van der Waals surface area contributed by atoms with Crippen LogP contribution in [0.25, 0.3) is 0 Å². The van der Waals surface area contributed by atoms with Gasteiger partial charge in [-0.05, 0) is 30.5 Å². The summed E-state index contributed by atoms with van der Waals surface area (Å²) in [5.41, 5.74) is 0.813. The molecule has 0 unspecified atom stereocenters. The molecule has 0 radical (unpaired) electrons. The number of carbonyl (C=O) groups is 1. The molecule has 2 aromatic rings. The molecule has 5 nitrogen and oxygen atoms in total. The predicted molar refractivity (Wildman–Crippen MR) is 82.4 cm³/mol. The summed E-state index contributed by atoms with van der Waals surface area (Å²) < 4.78 is 18.7. The Morgan fingerprint density at radius 2 is 2.13 bits per heavy atom. The van der Waals surface area contributed by atoms with Crippen LogP contribution in [0.3, 0.4) is 0 Å². The van der Waals surface area contributed by atoms with Crippen LogP contribution in [0.2, 0.25) is 0 Å². The Labute approximate surface area is 134 Å². The van der Waals surface area contributed by atoms with Crippen LogP contribution < -0.4 is 4.74 Å². The number of piperidine rings is 1. The van der Waals surface area contributed by atoms with E-state index >= 15 is 0 Å². The van der Waals surface area contributed by atoms with Gasteiger partial charge in [0.15, 0.2) is 0 Å². The number of nitrogens with zero attached hydrogens (tertiary/aromatic N) is 3. The number of rotatable bonds is 4. The summed E-state index contributed by atoms with van der Waals surface area (Å²) in [6.45, 7) is 1.26. The molecule has 0 N–H and O–H groups in total. The maximum Gasteiger partial charge on any atom is 0.232 e. The van der Waals surface area contributed by atoms with Gasteiger partial charge in [0.2, 0.25) is 11.8 Å². The third-order valence-electron chi connectivity index (χ3n) is 3.83. The fourth-order valence-corrected chi connectivity index (χ4v) is 2.67. The number of benzene rings is 1. The normalized spacial score (nSPS) is 17.8. The van der Waals surface area contributed by atoms with Crippen LogP contribution in [0.4, 0.5) is 4.39 Å². The minimum absolute atomic E-state index is 0.0315. The Morgan fingerprint density at radius 3 is 2.87 bits per heavy atom. The van der Waals surface area contributed by atoms with Gasteiger partial charge in [-0.15, -0.1) is 0 Å². The largest absolute Gasteiger partial charge is 0.471 e. The monoisotopic (exact) mass is 315 g/mol. The molecular weight excluding hydrogens is 297 g/mol. The van der Waals surface area contributed by atoms with Gasteiger partial charge in [-0.2, -0.15) is 0 Å². The van der Waals surface area contributed by atoms with E-state index in [0.29, 0.717) is 12.4 Å². The number of aromatic nitrogens is 2. The van der Waals surface area contributed by atoms with E-state index < -0.39 is 0 Å². The van der Waals surface area contributed by atoms with Gasteiger partial charge in [0, 0.05) is 18.9 Å². The van der Waals surface area contributed by atoms with Gasteiger partial charge in [-0.3, -0.25) is 9.78 Å². The van der Waals surface area contributed by atoms with E-state index in [1.807, 2.05) is 0 Å². The number of likely N-dealkylation sites (tertiary alicyclic amines) is 1. The number of ether oxygens (including phenoxy) is 1. The summed E-state index contributed by atoms with van der Waals surface area (Å²) in [7, 11) is 0. The highest BCUT2D eigenvalue weighted by molar-refractivity contribution is 5.78. The molecule has 1 saturated heterocycles. The number of hydrogen-bond acceptors (Lipinski definition) is 4. The van der Waals surface area contributed by atoms with Crippen molar-refractivity contribution < 1.29 is 13.9 Å². The van der Waals surface area contributed by atoms with Crippen molar-refractivity contribution in [1.82, 2.24) is 14.9 Å². The van der Waals surface area contributed by atoms with Crippen molar-refractivity contribution in [3.05, 3.63) is 54.2 Å². The standard InChI is InChI=1S/C17H18FN3O2/c18-14-5-3-13(4-6-14)10-17(22)21-9-1-2-15(12-21)23-16-11-19-7-8-20-16/h3-8,11,15H,1-2,9-10,12H2/t15-/m0/s1. The summed E-state index contributed by atoms with van der Waals surface area (Å²) in [6.07, 6.45) is 6.72. The van der Waals surface area contributed by atoms with E-state index in [1.54, 1.807) is 35.6 Å². The smallest absolute Gasteiger partial charge is 0.232 e. The third kappa shape index (κ3) is 4.25. The molecule has 1 amide bonds. The zero-order valence-electron chi connectivity index (χ0n) is 12.7. The molecule has 0 aliphatic carbocycles. The molecule has 1 atom stereocenters. The van der Waals surface area contributed by atoms with Crippen molar-refractivity contribution in [3.8, 4) is 5.88 Å². The zero-order valence-corrected chi connectivity index (χ0v) is 12.7. The topological polar surface area (TPSA) is 55.3 Å². The molecule has 3 rings (SSSR count). The van der Waals surface area contributed by atoms with Gasteiger partial charge in [0.1, 0.15) is 11.9 Å². The van der Waals surface area contributed by atoms with Crippen LogP contribution >= 0.6 is 0 Å². The molecule has 120 valence electrons. The van der Waals surface area contributed by atoms with Crippen molar-refractivity contribution in [3.63, 3.8) is 0 Å². The van der Waals surface area contributed by atoms with Gasteiger partial charge < -0.3 is 9.64 Å². The van der Waals surface area contributed by atoms with Crippen molar-refractivity contribution in [1.29, 1.82) is 0 Å². The van der Waals surface area contributed by atoms with E-state index in [0.717, 1.165) is 24.9 Å². The summed E-state index contributed by atoms with van der Waals surface area (Å²) in [5, 5.41) is 0. The zero-order chi connectivity index (χ0) is 16.1. The average molecular weight is 315 g/mol. The Hall–Kier alpha value is -2.50. The molecule has 0 spiro atoms. The second-order valence-electron chi connectivity index (χ2n) is 5.57. The van der Waals surface area contributed by atoms with Crippen molar-refractivity contribution in [2.24, 2.45) is 0 Å². The lowest BCUT2D eigenvalue weighted by atomic mass is 10.1. The lowest BCUT2D eigenvalue weighted by molar-refractivity contribution is -0.133. The highest BCUT2D eigenvalue weighted by atomic mass is 19.1. The van der Waals surface area contributed by atoms with Crippen molar-refractivity contribution in [2.75, 3.05) is 13.1 Å². The molecule has 1 aromatic carbocycles. The molecule has 2 heterocycles. The fraction of sp³-hybridized carbons (Fsp3) is 0.353. The predicted octanol–water partition coefficient (Wildman–Crippen LogP) is 2.23. The summed E-state index contributed by atoms with van der Waals surface area (Å²) in [5.74, 6) is 0.214. The lowest BCUT2D eigenvalue weighted by Crippen LogP contribution is -2.45. The number of amides is 1. The second-order valence-corrected chi connectivity index (χ2v) is 5.57. The molecule has 1 aliphatic rings. The van der Waals surface area contributed by atoms with Crippen LogP contribution in [0.5, 0.6) is 5.88 Å². The van der Waals surface area contributed by atoms with E-state index in [-0.39, 0.29) is 24.2 Å². The average Bonchev–Trinajstić information content (AvgIpc) is 2.58. The Morgan fingerprint density at radius 1 is 1.30 bits per heavy atom. The summed E-state index contributed by atoms with van der Waals surface area (Å²) in [4.78, 5) is 22.3. The molecule has 1 aromatic heterocycles. The number of hydrogen-bond donors (Lipinski definition) is 0. The second kappa shape index (κ2) is 7.17. The maximum absolute atomic E-state index is 12.9. The molecule has 6 heteroatoms. The van der Waals surface area contributed by atoms with E-state index in [2.05, 4.69) is 9.97 Å². The highest BCUT2D eigenvalue weighted by Gasteiger charge is 2.25. The Balaban J connectivity index is 1.57. The van der Waals surface area contributed by atoms with Crippen LogP contribution in [-0.2, 0) is 11.2 Å². The van der Waals surface area contributed by atoms with Gasteiger partial charge in [0.25, 0.3) is 0 Å². The van der Waals surface area contributed by atoms with Gasteiger partial charge in [0.05, 0.1) is 19.2 Å². The SMILES string of the molecule is O=C(Cc1ccc(F)cc1)N1CCC[C@H](Oc2cnccn2)C1. The molecular formula is C17H18FN3O2. The first-order valence-corrected chi connectivity index (χ1v) is 7.65. The van der Waals surface area contributed by atoms with Crippen molar-refractivity contribution in [2.45, 2.75) is 25.4 Å².